The quantitative estimate of drug-likeness (QED) is 0.230. The van der Waals surface area contributed by atoms with E-state index in [0.29, 0.717) is 17.5 Å². The number of hydrogen-bond donors (Lipinski definition) is 0. The maximum absolute atomic E-state index is 6.31. The molecular formula is C37H23N3O. The Kier molecular flexibility index (Phi) is 5.42. The predicted octanol–water partition coefficient (Wildman–Crippen LogP) is 9.59. The van der Waals surface area contributed by atoms with Crippen LogP contribution in [0.3, 0.4) is 0 Å². The molecule has 6 aromatic carbocycles. The lowest BCUT2D eigenvalue weighted by atomic mass is 10.0. The van der Waals surface area contributed by atoms with E-state index in [-0.39, 0.29) is 0 Å². The summed E-state index contributed by atoms with van der Waals surface area (Å²) in [7, 11) is 0. The number of nitrogens with zero attached hydrogens (tertiary/aromatic N) is 3. The van der Waals surface area contributed by atoms with Crippen LogP contribution in [0.5, 0.6) is 0 Å². The van der Waals surface area contributed by atoms with Gasteiger partial charge in [0.05, 0.1) is 0 Å². The summed E-state index contributed by atoms with van der Waals surface area (Å²) in [6.45, 7) is 0. The number of fused-ring (bicyclic) bond motifs is 4. The minimum atomic E-state index is 0.612. The molecule has 0 saturated heterocycles. The monoisotopic (exact) mass is 525 g/mol. The molecule has 8 aromatic rings. The van der Waals surface area contributed by atoms with Gasteiger partial charge in [0, 0.05) is 27.5 Å². The van der Waals surface area contributed by atoms with Crippen LogP contribution in [0.4, 0.5) is 0 Å². The fraction of sp³-hybridized carbons (Fsp3) is 0. The zero-order valence-electron chi connectivity index (χ0n) is 22.0. The topological polar surface area (TPSA) is 51.8 Å². The van der Waals surface area contributed by atoms with Crippen molar-refractivity contribution in [2.45, 2.75) is 0 Å². The molecule has 0 amide bonds. The standard InChI is InChI=1S/C37H23N3O/c1-3-10-24(11-4-1)28-20-21-32-31(23-28)34-30(16-9-17-33(34)41-32)37-39-35(26-13-5-2-6-14-26)38-36(40-37)29-19-18-25-12-7-8-15-27(25)22-29/h1-23H. The molecule has 0 unspecified atom stereocenters. The van der Waals surface area contributed by atoms with E-state index >= 15 is 0 Å². The van der Waals surface area contributed by atoms with E-state index < -0.39 is 0 Å². The number of furan rings is 1. The average Bonchev–Trinajstić information content (AvgIpc) is 3.43. The third-order valence-electron chi connectivity index (χ3n) is 7.52. The molecule has 0 aliphatic carbocycles. The minimum Gasteiger partial charge on any atom is -0.456 e. The lowest BCUT2D eigenvalue weighted by Crippen LogP contribution is -2.00. The van der Waals surface area contributed by atoms with E-state index in [1.54, 1.807) is 0 Å². The molecule has 0 atom stereocenters. The van der Waals surface area contributed by atoms with Gasteiger partial charge in [-0.25, -0.2) is 15.0 Å². The fourth-order valence-electron chi connectivity index (χ4n) is 5.49. The predicted molar refractivity (Wildman–Crippen MR) is 166 cm³/mol. The largest absolute Gasteiger partial charge is 0.456 e. The van der Waals surface area contributed by atoms with Gasteiger partial charge in [0.15, 0.2) is 17.5 Å². The lowest BCUT2D eigenvalue weighted by Gasteiger charge is -2.10. The van der Waals surface area contributed by atoms with Crippen LogP contribution in [0.15, 0.2) is 144 Å². The van der Waals surface area contributed by atoms with Gasteiger partial charge in [-0.2, -0.15) is 0 Å². The SMILES string of the molecule is c1ccc(-c2ccc3oc4cccc(-c5nc(-c6ccccc6)nc(-c6ccc7ccccc7c6)n5)c4c3c2)cc1. The van der Waals surface area contributed by atoms with Crippen molar-refractivity contribution >= 4 is 32.7 Å². The van der Waals surface area contributed by atoms with Gasteiger partial charge < -0.3 is 4.42 Å². The van der Waals surface area contributed by atoms with E-state index in [9.17, 15) is 0 Å². The first-order valence-electron chi connectivity index (χ1n) is 13.6. The van der Waals surface area contributed by atoms with Gasteiger partial charge in [-0.05, 0) is 46.2 Å². The van der Waals surface area contributed by atoms with E-state index in [1.165, 1.54) is 5.39 Å². The molecule has 2 heterocycles. The molecule has 0 radical (unpaired) electrons. The van der Waals surface area contributed by atoms with Crippen molar-refractivity contribution in [2.75, 3.05) is 0 Å². The van der Waals surface area contributed by atoms with Crippen LogP contribution in [-0.2, 0) is 0 Å². The van der Waals surface area contributed by atoms with Crippen molar-refractivity contribution < 1.29 is 4.42 Å². The third-order valence-corrected chi connectivity index (χ3v) is 7.52. The van der Waals surface area contributed by atoms with Gasteiger partial charge in [-0.3, -0.25) is 0 Å². The van der Waals surface area contributed by atoms with Gasteiger partial charge in [0.2, 0.25) is 0 Å². The van der Waals surface area contributed by atoms with Crippen molar-refractivity contribution in [3.63, 3.8) is 0 Å². The van der Waals surface area contributed by atoms with Crippen molar-refractivity contribution in [3.05, 3.63) is 140 Å². The Hall–Kier alpha value is -5.61. The molecule has 2 aromatic heterocycles. The highest BCUT2D eigenvalue weighted by atomic mass is 16.3. The van der Waals surface area contributed by atoms with Crippen LogP contribution in [0.1, 0.15) is 0 Å². The molecular weight excluding hydrogens is 502 g/mol. The lowest BCUT2D eigenvalue weighted by molar-refractivity contribution is 0.669. The van der Waals surface area contributed by atoms with Gasteiger partial charge in [0.1, 0.15) is 11.2 Å². The maximum Gasteiger partial charge on any atom is 0.164 e. The molecule has 4 nitrogen and oxygen atoms in total. The van der Waals surface area contributed by atoms with E-state index in [2.05, 4.69) is 84.9 Å². The first-order valence-corrected chi connectivity index (χ1v) is 13.6. The second-order valence-electron chi connectivity index (χ2n) is 10.1. The fourth-order valence-corrected chi connectivity index (χ4v) is 5.49. The van der Waals surface area contributed by atoms with Crippen LogP contribution < -0.4 is 0 Å². The first-order chi connectivity index (χ1) is 20.3. The highest BCUT2D eigenvalue weighted by Gasteiger charge is 2.18. The Balaban J connectivity index is 1.38. The highest BCUT2D eigenvalue weighted by Crippen LogP contribution is 2.38. The summed E-state index contributed by atoms with van der Waals surface area (Å²) in [5.41, 5.74) is 6.72. The normalized spacial score (nSPS) is 11.4. The van der Waals surface area contributed by atoms with Crippen LogP contribution in [0.25, 0.3) is 78.0 Å². The van der Waals surface area contributed by atoms with Crippen LogP contribution in [-0.4, -0.2) is 15.0 Å². The molecule has 0 bridgehead atoms. The molecule has 4 heteroatoms. The smallest absolute Gasteiger partial charge is 0.164 e. The molecule has 0 fully saturated rings. The van der Waals surface area contributed by atoms with E-state index in [0.717, 1.165) is 55.1 Å². The second-order valence-corrected chi connectivity index (χ2v) is 10.1. The Morgan fingerprint density at radius 1 is 0.390 bits per heavy atom. The van der Waals surface area contributed by atoms with Crippen molar-refractivity contribution in [3.8, 4) is 45.3 Å². The third kappa shape index (κ3) is 4.14. The Bertz CT molecular complexity index is 2200. The number of hydrogen-bond acceptors (Lipinski definition) is 4. The van der Waals surface area contributed by atoms with Gasteiger partial charge >= 0.3 is 0 Å². The van der Waals surface area contributed by atoms with Crippen molar-refractivity contribution in [1.82, 2.24) is 15.0 Å². The van der Waals surface area contributed by atoms with E-state index in [4.69, 9.17) is 19.4 Å². The Morgan fingerprint density at radius 2 is 1.05 bits per heavy atom. The average molecular weight is 526 g/mol. The van der Waals surface area contributed by atoms with Crippen molar-refractivity contribution in [2.24, 2.45) is 0 Å². The van der Waals surface area contributed by atoms with E-state index in [1.807, 2.05) is 54.6 Å². The summed E-state index contributed by atoms with van der Waals surface area (Å²) >= 11 is 0. The molecule has 0 saturated carbocycles. The van der Waals surface area contributed by atoms with Crippen LogP contribution in [0.2, 0.25) is 0 Å². The Labute approximate surface area is 236 Å². The summed E-state index contributed by atoms with van der Waals surface area (Å²) < 4.78 is 6.31. The molecule has 0 spiro atoms. The first kappa shape index (κ1) is 23.3. The molecule has 0 aliphatic rings. The summed E-state index contributed by atoms with van der Waals surface area (Å²) in [6.07, 6.45) is 0. The van der Waals surface area contributed by atoms with Crippen molar-refractivity contribution in [1.29, 1.82) is 0 Å². The van der Waals surface area contributed by atoms with Gasteiger partial charge in [-0.1, -0.05) is 115 Å². The molecule has 8 rings (SSSR count). The summed E-state index contributed by atoms with van der Waals surface area (Å²) in [6, 6.07) is 47.6. The minimum absolute atomic E-state index is 0.612. The summed E-state index contributed by atoms with van der Waals surface area (Å²) in [5.74, 6) is 1.88. The van der Waals surface area contributed by atoms with Gasteiger partial charge in [0.25, 0.3) is 0 Å². The Morgan fingerprint density at radius 3 is 1.85 bits per heavy atom. The number of rotatable bonds is 4. The molecule has 192 valence electrons. The molecule has 41 heavy (non-hydrogen) atoms. The second kappa shape index (κ2) is 9.54. The molecule has 0 N–H and O–H groups in total. The maximum atomic E-state index is 6.31. The summed E-state index contributed by atoms with van der Waals surface area (Å²) in [4.78, 5) is 15.0. The van der Waals surface area contributed by atoms with Crippen LogP contribution >= 0.6 is 0 Å². The van der Waals surface area contributed by atoms with Crippen LogP contribution in [0, 0.1) is 0 Å². The zero-order chi connectivity index (χ0) is 27.2. The highest BCUT2D eigenvalue weighted by molar-refractivity contribution is 6.12. The molecule has 0 aliphatic heterocycles. The number of benzene rings is 6. The van der Waals surface area contributed by atoms with Gasteiger partial charge in [-0.15, -0.1) is 0 Å². The summed E-state index contributed by atoms with van der Waals surface area (Å²) in [5, 5.41) is 4.35. The number of aromatic nitrogens is 3. The zero-order valence-corrected chi connectivity index (χ0v) is 22.0.